The third kappa shape index (κ3) is 7.85. The summed E-state index contributed by atoms with van der Waals surface area (Å²) in [5.41, 5.74) is -0.0867. The number of rotatable bonds is 11. The van der Waals surface area contributed by atoms with E-state index < -0.39 is 17.0 Å². The molecule has 0 aliphatic rings. The largest absolute Gasteiger partial charge is 0.381 e. The third-order valence-corrected chi connectivity index (χ3v) is 5.41. The minimum absolute atomic E-state index is 0.0601. The van der Waals surface area contributed by atoms with Crippen LogP contribution in [0, 0.1) is 11.2 Å². The fraction of sp³-hybridized carbons (Fsp3) is 0.462. The Bertz CT molecular complexity index is 1130. The molecule has 1 aromatic carbocycles. The highest BCUT2D eigenvalue weighted by Crippen LogP contribution is 2.20. The van der Waals surface area contributed by atoms with Crippen LogP contribution in [0.25, 0.3) is 17.5 Å². The highest BCUT2D eigenvalue weighted by Gasteiger charge is 2.32. The van der Waals surface area contributed by atoms with Gasteiger partial charge in [-0.05, 0) is 58.2 Å². The number of nitrogens with one attached hydrogen (secondary N) is 2. The van der Waals surface area contributed by atoms with E-state index in [4.69, 9.17) is 5.41 Å². The maximum atomic E-state index is 13.8. The van der Waals surface area contributed by atoms with Gasteiger partial charge in [-0.3, -0.25) is 15.0 Å². The van der Waals surface area contributed by atoms with E-state index in [1.807, 2.05) is 13.8 Å². The molecule has 35 heavy (non-hydrogen) atoms. The van der Waals surface area contributed by atoms with E-state index >= 15 is 0 Å². The van der Waals surface area contributed by atoms with E-state index in [1.54, 1.807) is 44.3 Å². The molecule has 8 nitrogen and oxygen atoms in total. The van der Waals surface area contributed by atoms with Gasteiger partial charge in [0, 0.05) is 30.4 Å². The lowest BCUT2D eigenvalue weighted by Crippen LogP contribution is -2.54. The molecule has 0 bridgehead atoms. The number of hydrogen-bond donors (Lipinski definition) is 3. The quantitative estimate of drug-likeness (QED) is 0.424. The number of halogens is 1. The van der Waals surface area contributed by atoms with Gasteiger partial charge in [0.1, 0.15) is 16.9 Å². The van der Waals surface area contributed by atoms with Gasteiger partial charge in [0.15, 0.2) is 0 Å². The van der Waals surface area contributed by atoms with Crippen molar-refractivity contribution >= 4 is 18.5 Å². The molecule has 0 saturated heterocycles. The van der Waals surface area contributed by atoms with E-state index in [0.717, 1.165) is 5.56 Å². The molecule has 1 heterocycles. The van der Waals surface area contributed by atoms with Gasteiger partial charge in [-0.2, -0.15) is 5.10 Å². The van der Waals surface area contributed by atoms with Crippen LogP contribution in [-0.4, -0.2) is 56.3 Å². The lowest BCUT2D eigenvalue weighted by atomic mass is 10.0. The van der Waals surface area contributed by atoms with E-state index in [9.17, 15) is 19.1 Å². The van der Waals surface area contributed by atoms with E-state index in [1.165, 1.54) is 35.6 Å². The fourth-order valence-corrected chi connectivity index (χ4v) is 3.61. The summed E-state index contributed by atoms with van der Waals surface area (Å²) in [6, 6.07) is 7.96. The zero-order valence-electron chi connectivity index (χ0n) is 21.3. The molecule has 0 fully saturated rings. The van der Waals surface area contributed by atoms with Crippen LogP contribution in [0.1, 0.15) is 59.4 Å². The molecule has 2 amide bonds. The number of carbonyl (C=O) groups is 2. The number of aliphatic hydroxyl groups is 1. The van der Waals surface area contributed by atoms with Gasteiger partial charge in [0.05, 0.1) is 11.2 Å². The molecule has 0 spiro atoms. The van der Waals surface area contributed by atoms with Crippen molar-refractivity contribution < 1.29 is 19.1 Å². The monoisotopic (exact) mass is 485 g/mol. The molecule has 0 radical (unpaired) electrons. The van der Waals surface area contributed by atoms with Gasteiger partial charge in [-0.15, -0.1) is 0 Å². The van der Waals surface area contributed by atoms with Crippen LogP contribution in [0.2, 0.25) is 0 Å². The van der Waals surface area contributed by atoms with Crippen LogP contribution in [0.3, 0.4) is 0 Å². The first kappa shape index (κ1) is 27.9. The number of nitrogens with zero attached hydrogens (tertiary/aromatic N) is 3. The average molecular weight is 486 g/mol. The second-order valence-electron chi connectivity index (χ2n) is 10.0. The molecule has 2 rings (SSSR count). The minimum atomic E-state index is -1.56. The predicted octanol–water partition coefficient (Wildman–Crippen LogP) is 3.28. The van der Waals surface area contributed by atoms with Crippen molar-refractivity contribution in [2.45, 2.75) is 65.0 Å². The summed E-state index contributed by atoms with van der Waals surface area (Å²) >= 11 is 0. The summed E-state index contributed by atoms with van der Waals surface area (Å²) < 4.78 is 15.2. The lowest BCUT2D eigenvalue weighted by Gasteiger charge is -2.35. The summed E-state index contributed by atoms with van der Waals surface area (Å²) in [6.07, 6.45) is 4.45. The van der Waals surface area contributed by atoms with Crippen LogP contribution < -0.4 is 10.8 Å². The summed E-state index contributed by atoms with van der Waals surface area (Å²) in [4.78, 5) is 25.2. The van der Waals surface area contributed by atoms with Crippen molar-refractivity contribution in [2.75, 3.05) is 13.1 Å². The maximum Gasteiger partial charge on any atom is 0.254 e. The number of carbonyl (C=O) groups excluding carboxylic acids is 2. The molecule has 0 aliphatic heterocycles. The van der Waals surface area contributed by atoms with Gasteiger partial charge >= 0.3 is 0 Å². The van der Waals surface area contributed by atoms with Crippen LogP contribution in [0.5, 0.6) is 0 Å². The van der Waals surface area contributed by atoms with Gasteiger partial charge < -0.3 is 15.3 Å². The van der Waals surface area contributed by atoms with Crippen molar-refractivity contribution in [1.82, 2.24) is 20.0 Å². The van der Waals surface area contributed by atoms with Crippen molar-refractivity contribution in [2.24, 2.45) is 0 Å². The SMILES string of the molecule is CC(C)c1cc(-c2cccc(F)c2)nn(/C=C/CCN(CC(C)(C)NC=O)C(=O)C(C)(C)O)c1=N. The van der Waals surface area contributed by atoms with Gasteiger partial charge in [-0.1, -0.05) is 32.1 Å². The topological polar surface area (TPSA) is 111 Å². The normalized spacial score (nSPS) is 12.3. The smallest absolute Gasteiger partial charge is 0.254 e. The summed E-state index contributed by atoms with van der Waals surface area (Å²) in [7, 11) is 0. The molecule has 0 aliphatic carbocycles. The van der Waals surface area contributed by atoms with Crippen molar-refractivity contribution in [3.63, 3.8) is 0 Å². The second kappa shape index (κ2) is 11.4. The molecule has 9 heteroatoms. The van der Waals surface area contributed by atoms with Crippen LogP contribution in [0.15, 0.2) is 36.4 Å². The van der Waals surface area contributed by atoms with Crippen LogP contribution in [0.4, 0.5) is 4.39 Å². The third-order valence-electron chi connectivity index (χ3n) is 5.41. The first-order valence-electron chi connectivity index (χ1n) is 11.6. The van der Waals surface area contributed by atoms with Gasteiger partial charge in [-0.25, -0.2) is 9.07 Å². The van der Waals surface area contributed by atoms with Crippen molar-refractivity contribution in [3.05, 3.63) is 53.3 Å². The summed E-state index contributed by atoms with van der Waals surface area (Å²) in [5.74, 6) is -0.755. The Balaban J connectivity index is 2.30. The van der Waals surface area contributed by atoms with Gasteiger partial charge in [0.25, 0.3) is 5.91 Å². The molecular weight excluding hydrogens is 449 g/mol. The summed E-state index contributed by atoms with van der Waals surface area (Å²) in [5, 5.41) is 26.0. The van der Waals surface area contributed by atoms with E-state index in [0.29, 0.717) is 24.1 Å². The fourth-order valence-electron chi connectivity index (χ4n) is 3.61. The Morgan fingerprint density at radius 2 is 1.97 bits per heavy atom. The Labute approximate surface area is 206 Å². The van der Waals surface area contributed by atoms with Crippen LogP contribution in [-0.2, 0) is 9.59 Å². The second-order valence-corrected chi connectivity index (χ2v) is 10.0. The van der Waals surface area contributed by atoms with Crippen molar-refractivity contribution in [1.29, 1.82) is 5.41 Å². The molecule has 190 valence electrons. The predicted molar refractivity (Wildman–Crippen MR) is 134 cm³/mol. The number of hydrogen-bond acceptors (Lipinski definition) is 5. The average Bonchev–Trinajstić information content (AvgIpc) is 2.75. The Morgan fingerprint density at radius 3 is 2.54 bits per heavy atom. The first-order valence-corrected chi connectivity index (χ1v) is 11.6. The van der Waals surface area contributed by atoms with Crippen LogP contribution >= 0.6 is 0 Å². The molecular formula is C26H36FN5O3. The highest BCUT2D eigenvalue weighted by atomic mass is 19.1. The molecule has 0 unspecified atom stereocenters. The van der Waals surface area contributed by atoms with E-state index in [-0.39, 0.29) is 30.3 Å². The zero-order chi connectivity index (χ0) is 26.4. The Hall–Kier alpha value is -3.33. The lowest BCUT2D eigenvalue weighted by molar-refractivity contribution is -0.149. The number of amides is 2. The molecule has 2 aromatic rings. The number of benzene rings is 1. The Morgan fingerprint density at radius 1 is 1.29 bits per heavy atom. The zero-order valence-corrected chi connectivity index (χ0v) is 21.3. The molecule has 0 saturated carbocycles. The molecule has 1 aromatic heterocycles. The number of aromatic nitrogens is 2. The highest BCUT2D eigenvalue weighted by molar-refractivity contribution is 5.84. The first-order chi connectivity index (χ1) is 16.2. The Kier molecular flexibility index (Phi) is 9.09. The standard InChI is InChI=1S/C26H36FN5O3/c1-18(2)21-15-22(19-10-9-11-20(27)14-19)30-32(23(21)28)13-8-7-12-31(24(34)26(5,6)35)16-25(3,4)29-17-33/h8-11,13-15,17-18,28,35H,7,12,16H2,1-6H3,(H,29,33)/b13-8+,28-23?. The molecule has 0 atom stereocenters. The maximum absolute atomic E-state index is 13.8. The van der Waals surface area contributed by atoms with Gasteiger partial charge in [0.2, 0.25) is 6.41 Å². The van der Waals surface area contributed by atoms with E-state index in [2.05, 4.69) is 10.4 Å². The van der Waals surface area contributed by atoms with Crippen molar-refractivity contribution in [3.8, 4) is 11.3 Å². The minimum Gasteiger partial charge on any atom is -0.381 e. The molecule has 3 N–H and O–H groups in total. The summed E-state index contributed by atoms with van der Waals surface area (Å²) in [6.45, 7) is 10.9.